The number of nitrogens with one attached hydrogen (secondary N) is 2. The average molecular weight is 334 g/mol. The third-order valence-electron chi connectivity index (χ3n) is 3.60. The Labute approximate surface area is 138 Å². The fraction of sp³-hybridized carbons (Fsp3) is 0.400. The van der Waals surface area contributed by atoms with Crippen molar-refractivity contribution in [3.8, 4) is 11.5 Å². The number of H-pyrrole nitrogens is 1. The van der Waals surface area contributed by atoms with Gasteiger partial charge in [-0.1, -0.05) is 6.07 Å². The first-order valence-corrected chi connectivity index (χ1v) is 8.31. The summed E-state index contributed by atoms with van der Waals surface area (Å²) in [6.45, 7) is 0.977. The largest absolute Gasteiger partial charge is 0.497 e. The van der Waals surface area contributed by atoms with Gasteiger partial charge in [-0.05, 0) is 18.1 Å². The summed E-state index contributed by atoms with van der Waals surface area (Å²) in [6.07, 6.45) is 2.34. The Morgan fingerprint density at radius 1 is 1.57 bits per heavy atom. The molecule has 1 aromatic carbocycles. The van der Waals surface area contributed by atoms with Crippen molar-refractivity contribution in [2.45, 2.75) is 11.4 Å². The fourth-order valence-electron chi connectivity index (χ4n) is 2.38. The molecule has 2 N–H and O–H groups in total. The number of hydrogen-bond acceptors (Lipinski definition) is 6. The van der Waals surface area contributed by atoms with Gasteiger partial charge in [0.15, 0.2) is 0 Å². The molecule has 0 fully saturated rings. The van der Waals surface area contributed by atoms with E-state index in [0.29, 0.717) is 19.6 Å². The van der Waals surface area contributed by atoms with Gasteiger partial charge in [0.05, 0.1) is 19.2 Å². The first kappa shape index (κ1) is 15.7. The minimum absolute atomic E-state index is 0.0206. The molecule has 0 radical (unpaired) electrons. The molecular weight excluding hydrogens is 316 g/mol. The minimum atomic E-state index is -0.159. The Morgan fingerprint density at radius 2 is 2.48 bits per heavy atom. The van der Waals surface area contributed by atoms with Crippen molar-refractivity contribution in [2.24, 2.45) is 5.92 Å². The van der Waals surface area contributed by atoms with Gasteiger partial charge in [0.2, 0.25) is 5.91 Å². The van der Waals surface area contributed by atoms with Crippen LogP contribution in [0.15, 0.2) is 29.4 Å². The molecule has 1 aromatic heterocycles. The highest BCUT2D eigenvalue weighted by Crippen LogP contribution is 2.31. The molecule has 0 unspecified atom stereocenters. The number of fused-ring (bicyclic) bond motifs is 1. The molecule has 1 atom stereocenters. The van der Waals surface area contributed by atoms with E-state index in [2.05, 4.69) is 20.7 Å². The van der Waals surface area contributed by atoms with Crippen molar-refractivity contribution in [3.05, 3.63) is 30.0 Å². The van der Waals surface area contributed by atoms with Crippen LogP contribution in [0.25, 0.3) is 0 Å². The number of nitrogens with zero attached hydrogens (tertiary/aromatic N) is 2. The third kappa shape index (κ3) is 3.95. The van der Waals surface area contributed by atoms with Gasteiger partial charge in [0.25, 0.3) is 0 Å². The Kier molecular flexibility index (Phi) is 5.02. The van der Waals surface area contributed by atoms with Crippen LogP contribution in [-0.4, -0.2) is 47.3 Å². The number of carbonyl (C=O) groups excluding carboxylic acids is 1. The van der Waals surface area contributed by atoms with Gasteiger partial charge in [0.1, 0.15) is 23.1 Å². The molecule has 2 heterocycles. The van der Waals surface area contributed by atoms with Crippen molar-refractivity contribution in [1.82, 2.24) is 20.7 Å². The highest BCUT2D eigenvalue weighted by atomic mass is 32.2. The highest BCUT2D eigenvalue weighted by Gasteiger charge is 2.26. The standard InChI is InChI=1S/C15H18N4O3S/c1-21-12-3-2-10-6-11(9-22-13(10)7-12)15(20)16-4-5-23-14-8-17-19-18-14/h2-3,7-8,11H,4-6,9H2,1H3,(H,16,20)(H,17,18,19)/t11-/m1/s1. The molecular formula is C15H18N4O3S. The number of amides is 1. The Hall–Kier alpha value is -2.22. The zero-order valence-corrected chi connectivity index (χ0v) is 13.6. The number of carbonyl (C=O) groups is 1. The highest BCUT2D eigenvalue weighted by molar-refractivity contribution is 7.99. The minimum Gasteiger partial charge on any atom is -0.497 e. The molecule has 1 aliphatic heterocycles. The van der Waals surface area contributed by atoms with Crippen LogP contribution in [0.5, 0.6) is 11.5 Å². The monoisotopic (exact) mass is 334 g/mol. The van der Waals surface area contributed by atoms with Crippen LogP contribution in [0.3, 0.4) is 0 Å². The number of ether oxygens (including phenoxy) is 2. The van der Waals surface area contributed by atoms with E-state index in [4.69, 9.17) is 9.47 Å². The second kappa shape index (κ2) is 7.36. The molecule has 0 bridgehead atoms. The van der Waals surface area contributed by atoms with Gasteiger partial charge in [-0.15, -0.1) is 16.9 Å². The Bertz CT molecular complexity index is 663. The van der Waals surface area contributed by atoms with E-state index >= 15 is 0 Å². The van der Waals surface area contributed by atoms with E-state index in [9.17, 15) is 4.79 Å². The number of hydrogen-bond donors (Lipinski definition) is 2. The molecule has 23 heavy (non-hydrogen) atoms. The topological polar surface area (TPSA) is 89.1 Å². The lowest BCUT2D eigenvalue weighted by Gasteiger charge is -2.25. The van der Waals surface area contributed by atoms with Gasteiger partial charge in [-0.25, -0.2) is 0 Å². The van der Waals surface area contributed by atoms with E-state index in [0.717, 1.165) is 27.8 Å². The Morgan fingerprint density at radius 3 is 3.26 bits per heavy atom. The van der Waals surface area contributed by atoms with Gasteiger partial charge in [0, 0.05) is 18.4 Å². The van der Waals surface area contributed by atoms with E-state index < -0.39 is 0 Å². The third-order valence-corrected chi connectivity index (χ3v) is 4.50. The normalized spacial score (nSPS) is 16.3. The van der Waals surface area contributed by atoms with Crippen LogP contribution in [0.2, 0.25) is 0 Å². The number of rotatable bonds is 6. The molecule has 0 saturated heterocycles. The molecule has 0 saturated carbocycles. The van der Waals surface area contributed by atoms with E-state index in [1.807, 2.05) is 18.2 Å². The summed E-state index contributed by atoms with van der Waals surface area (Å²) < 4.78 is 10.9. The predicted octanol–water partition coefficient (Wildman–Crippen LogP) is 1.27. The fourth-order valence-corrected chi connectivity index (χ4v) is 3.03. The summed E-state index contributed by atoms with van der Waals surface area (Å²) >= 11 is 1.54. The Balaban J connectivity index is 1.47. The van der Waals surface area contributed by atoms with Crippen LogP contribution in [-0.2, 0) is 11.2 Å². The lowest BCUT2D eigenvalue weighted by molar-refractivity contribution is -0.126. The lowest BCUT2D eigenvalue weighted by atomic mass is 9.96. The van der Waals surface area contributed by atoms with Gasteiger partial charge >= 0.3 is 0 Å². The maximum Gasteiger partial charge on any atom is 0.226 e. The summed E-state index contributed by atoms with van der Waals surface area (Å²) in [4.78, 5) is 12.2. The predicted molar refractivity (Wildman–Crippen MR) is 85.8 cm³/mol. The maximum absolute atomic E-state index is 12.2. The van der Waals surface area contributed by atoms with Crippen molar-refractivity contribution in [3.63, 3.8) is 0 Å². The molecule has 0 aliphatic carbocycles. The van der Waals surface area contributed by atoms with E-state index in [1.165, 1.54) is 0 Å². The molecule has 1 amide bonds. The van der Waals surface area contributed by atoms with E-state index in [-0.39, 0.29) is 11.8 Å². The summed E-state index contributed by atoms with van der Waals surface area (Å²) in [5.74, 6) is 2.17. The molecule has 3 rings (SSSR count). The zero-order valence-electron chi connectivity index (χ0n) is 12.7. The number of aromatic nitrogens is 3. The number of methoxy groups -OCH3 is 1. The second-order valence-electron chi connectivity index (χ2n) is 5.13. The molecule has 2 aromatic rings. The van der Waals surface area contributed by atoms with Crippen molar-refractivity contribution >= 4 is 17.7 Å². The van der Waals surface area contributed by atoms with Crippen LogP contribution in [0, 0.1) is 5.92 Å². The smallest absolute Gasteiger partial charge is 0.226 e. The van der Waals surface area contributed by atoms with Crippen LogP contribution < -0.4 is 14.8 Å². The molecule has 122 valence electrons. The summed E-state index contributed by atoms with van der Waals surface area (Å²) in [5.41, 5.74) is 1.04. The first-order chi connectivity index (χ1) is 11.3. The number of thioether (sulfide) groups is 1. The summed E-state index contributed by atoms with van der Waals surface area (Å²) in [6, 6.07) is 5.70. The number of aromatic amines is 1. The summed E-state index contributed by atoms with van der Waals surface area (Å²) in [5, 5.41) is 14.0. The van der Waals surface area contributed by atoms with Crippen molar-refractivity contribution in [2.75, 3.05) is 26.0 Å². The zero-order chi connectivity index (χ0) is 16.1. The second-order valence-corrected chi connectivity index (χ2v) is 6.25. The lowest BCUT2D eigenvalue weighted by Crippen LogP contribution is -2.38. The molecule has 7 nitrogen and oxygen atoms in total. The van der Waals surface area contributed by atoms with Crippen molar-refractivity contribution in [1.29, 1.82) is 0 Å². The molecule has 1 aliphatic rings. The van der Waals surface area contributed by atoms with Crippen LogP contribution >= 0.6 is 11.8 Å². The SMILES string of the molecule is COc1ccc2c(c1)OC[C@H](C(=O)NCCSc1cn[nH]n1)C2. The van der Waals surface area contributed by atoms with Gasteiger partial charge in [-0.2, -0.15) is 10.3 Å². The van der Waals surface area contributed by atoms with Crippen LogP contribution in [0.4, 0.5) is 0 Å². The first-order valence-electron chi connectivity index (χ1n) is 7.32. The maximum atomic E-state index is 12.2. The summed E-state index contributed by atoms with van der Waals surface area (Å²) in [7, 11) is 1.62. The molecule has 8 heteroatoms. The quantitative estimate of drug-likeness (QED) is 0.611. The number of benzene rings is 1. The van der Waals surface area contributed by atoms with Crippen LogP contribution in [0.1, 0.15) is 5.56 Å². The molecule has 0 spiro atoms. The average Bonchev–Trinajstić information content (AvgIpc) is 3.11. The van der Waals surface area contributed by atoms with Gasteiger partial charge < -0.3 is 14.8 Å². The van der Waals surface area contributed by atoms with Gasteiger partial charge in [-0.3, -0.25) is 4.79 Å². The van der Waals surface area contributed by atoms with Crippen molar-refractivity contribution < 1.29 is 14.3 Å². The van der Waals surface area contributed by atoms with E-state index in [1.54, 1.807) is 25.1 Å².